The van der Waals surface area contributed by atoms with Gasteiger partial charge in [0.15, 0.2) is 0 Å². The van der Waals surface area contributed by atoms with Crippen LogP contribution in [-0.2, 0) is 0 Å². The lowest BCUT2D eigenvalue weighted by Gasteiger charge is -2.10. The molecule has 0 unspecified atom stereocenters. The Balaban J connectivity index is 2.37. The van der Waals surface area contributed by atoms with E-state index in [1.165, 1.54) is 12.1 Å². The van der Waals surface area contributed by atoms with Crippen LogP contribution in [0.5, 0.6) is 0 Å². The maximum atomic E-state index is 13.1. The quantitative estimate of drug-likeness (QED) is 0.895. The average Bonchev–Trinajstić information content (AvgIpc) is 2.67. The molecule has 0 bridgehead atoms. The molecule has 1 aromatic heterocycles. The molecule has 1 atom stereocenters. The fraction of sp³-hybridized carbons (Fsp3) is 0.0909. The summed E-state index contributed by atoms with van der Waals surface area (Å²) in [5.74, 6) is -0.272. The van der Waals surface area contributed by atoms with Gasteiger partial charge >= 0.3 is 0 Å². The van der Waals surface area contributed by atoms with Gasteiger partial charge in [-0.1, -0.05) is 22.0 Å². The van der Waals surface area contributed by atoms with E-state index in [0.717, 1.165) is 10.4 Å². The molecule has 15 heavy (non-hydrogen) atoms. The third kappa shape index (κ3) is 2.45. The van der Waals surface area contributed by atoms with Gasteiger partial charge in [-0.3, -0.25) is 0 Å². The van der Waals surface area contributed by atoms with Crippen molar-refractivity contribution in [1.29, 1.82) is 0 Å². The molecular formula is C11H9BrFNS. The van der Waals surface area contributed by atoms with Crippen LogP contribution in [0.4, 0.5) is 4.39 Å². The van der Waals surface area contributed by atoms with Crippen LogP contribution in [0.2, 0.25) is 0 Å². The first-order valence-electron chi connectivity index (χ1n) is 4.42. The van der Waals surface area contributed by atoms with Gasteiger partial charge in [-0.15, -0.1) is 11.3 Å². The van der Waals surface area contributed by atoms with Crippen molar-refractivity contribution < 1.29 is 4.39 Å². The molecule has 1 aromatic carbocycles. The minimum absolute atomic E-state index is 0.253. The van der Waals surface area contributed by atoms with Crippen molar-refractivity contribution in [3.63, 3.8) is 0 Å². The molecule has 0 radical (unpaired) electrons. The largest absolute Gasteiger partial charge is 0.320 e. The summed E-state index contributed by atoms with van der Waals surface area (Å²) in [5, 5.41) is 1.96. The van der Waals surface area contributed by atoms with Crippen molar-refractivity contribution in [1.82, 2.24) is 0 Å². The van der Waals surface area contributed by atoms with Gasteiger partial charge in [0.05, 0.1) is 6.04 Å². The molecule has 0 saturated carbocycles. The van der Waals surface area contributed by atoms with Crippen molar-refractivity contribution in [3.8, 4) is 0 Å². The first kappa shape index (κ1) is 10.8. The van der Waals surface area contributed by atoms with E-state index in [4.69, 9.17) is 5.73 Å². The Bertz CT molecular complexity index is 435. The highest BCUT2D eigenvalue weighted by Crippen LogP contribution is 2.26. The van der Waals surface area contributed by atoms with E-state index >= 15 is 0 Å². The van der Waals surface area contributed by atoms with E-state index in [9.17, 15) is 4.39 Å². The summed E-state index contributed by atoms with van der Waals surface area (Å²) in [6.07, 6.45) is 0. The number of nitrogens with two attached hydrogens (primary N) is 1. The third-order valence-electron chi connectivity index (χ3n) is 2.09. The second-order valence-corrected chi connectivity index (χ2v) is 5.09. The molecule has 0 aliphatic heterocycles. The monoisotopic (exact) mass is 285 g/mol. The molecule has 1 heterocycles. The van der Waals surface area contributed by atoms with Crippen LogP contribution in [0.3, 0.4) is 0 Å². The van der Waals surface area contributed by atoms with Crippen LogP contribution in [-0.4, -0.2) is 0 Å². The van der Waals surface area contributed by atoms with Crippen LogP contribution >= 0.6 is 27.3 Å². The van der Waals surface area contributed by atoms with Gasteiger partial charge < -0.3 is 5.73 Å². The van der Waals surface area contributed by atoms with Crippen LogP contribution in [0.1, 0.15) is 16.5 Å². The van der Waals surface area contributed by atoms with E-state index < -0.39 is 0 Å². The SMILES string of the molecule is N[C@H](c1cc(F)cc(Br)c1)c1cccs1. The maximum Gasteiger partial charge on any atom is 0.124 e. The highest BCUT2D eigenvalue weighted by molar-refractivity contribution is 9.10. The van der Waals surface area contributed by atoms with Gasteiger partial charge in [-0.05, 0) is 35.2 Å². The molecule has 0 fully saturated rings. The Morgan fingerprint density at radius 1 is 1.33 bits per heavy atom. The third-order valence-corrected chi connectivity index (χ3v) is 3.51. The highest BCUT2D eigenvalue weighted by Gasteiger charge is 2.11. The summed E-state index contributed by atoms with van der Waals surface area (Å²) in [5.41, 5.74) is 6.80. The standard InChI is InChI=1S/C11H9BrFNS/c12-8-4-7(5-9(13)6-8)11(14)10-2-1-3-15-10/h1-6,11H,14H2/t11-/m1/s1. The second-order valence-electron chi connectivity index (χ2n) is 3.20. The number of rotatable bonds is 2. The number of hydrogen-bond donors (Lipinski definition) is 1. The van der Waals surface area contributed by atoms with E-state index in [1.807, 2.05) is 23.6 Å². The Morgan fingerprint density at radius 2 is 2.13 bits per heavy atom. The number of hydrogen-bond acceptors (Lipinski definition) is 2. The first-order valence-corrected chi connectivity index (χ1v) is 6.09. The molecule has 0 aliphatic rings. The van der Waals surface area contributed by atoms with Gasteiger partial charge in [0.1, 0.15) is 5.82 Å². The molecular weight excluding hydrogens is 277 g/mol. The summed E-state index contributed by atoms with van der Waals surface area (Å²) in [4.78, 5) is 1.03. The Labute approximate surface area is 99.9 Å². The van der Waals surface area contributed by atoms with Crippen LogP contribution in [0, 0.1) is 5.82 Å². The molecule has 78 valence electrons. The first-order chi connectivity index (χ1) is 7.16. The normalized spacial score (nSPS) is 12.7. The van der Waals surface area contributed by atoms with E-state index in [0.29, 0.717) is 4.47 Å². The zero-order chi connectivity index (χ0) is 10.8. The highest BCUT2D eigenvalue weighted by atomic mass is 79.9. The average molecular weight is 286 g/mol. The van der Waals surface area contributed by atoms with Gasteiger partial charge in [-0.2, -0.15) is 0 Å². The van der Waals surface area contributed by atoms with Gasteiger partial charge in [0.25, 0.3) is 0 Å². The number of halogens is 2. The predicted molar refractivity (Wildman–Crippen MR) is 64.4 cm³/mol. The topological polar surface area (TPSA) is 26.0 Å². The molecule has 2 aromatic rings. The summed E-state index contributed by atoms with van der Waals surface area (Å²) in [7, 11) is 0. The van der Waals surface area contributed by atoms with Crippen molar-refractivity contribution >= 4 is 27.3 Å². The minimum atomic E-state index is -0.272. The van der Waals surface area contributed by atoms with E-state index in [2.05, 4.69) is 15.9 Å². The second kappa shape index (κ2) is 4.43. The number of benzene rings is 1. The van der Waals surface area contributed by atoms with Crippen molar-refractivity contribution in [2.75, 3.05) is 0 Å². The van der Waals surface area contributed by atoms with Crippen LogP contribution in [0.25, 0.3) is 0 Å². The maximum absolute atomic E-state index is 13.1. The van der Waals surface area contributed by atoms with Gasteiger partial charge in [-0.25, -0.2) is 4.39 Å². The fourth-order valence-corrected chi connectivity index (χ4v) is 2.62. The zero-order valence-corrected chi connectivity index (χ0v) is 10.2. The van der Waals surface area contributed by atoms with Gasteiger partial charge in [0, 0.05) is 9.35 Å². The molecule has 4 heteroatoms. The molecule has 2 N–H and O–H groups in total. The van der Waals surface area contributed by atoms with Crippen LogP contribution in [0.15, 0.2) is 40.2 Å². The molecule has 0 spiro atoms. The Morgan fingerprint density at radius 3 is 2.73 bits per heavy atom. The molecule has 2 rings (SSSR count). The Hall–Kier alpha value is -0.710. The molecule has 0 saturated heterocycles. The smallest absolute Gasteiger partial charge is 0.124 e. The predicted octanol–water partition coefficient (Wildman–Crippen LogP) is 3.70. The summed E-state index contributed by atoms with van der Waals surface area (Å²) in [6, 6.07) is 8.37. The zero-order valence-electron chi connectivity index (χ0n) is 7.78. The minimum Gasteiger partial charge on any atom is -0.320 e. The van der Waals surface area contributed by atoms with Gasteiger partial charge in [0.2, 0.25) is 0 Å². The summed E-state index contributed by atoms with van der Waals surface area (Å²) < 4.78 is 13.9. The van der Waals surface area contributed by atoms with Crippen molar-refractivity contribution in [3.05, 3.63) is 56.4 Å². The fourth-order valence-electron chi connectivity index (χ4n) is 1.39. The Kier molecular flexibility index (Phi) is 3.19. The van der Waals surface area contributed by atoms with E-state index in [-0.39, 0.29) is 11.9 Å². The number of thiophene rings is 1. The molecule has 0 amide bonds. The lowest BCUT2D eigenvalue weighted by Crippen LogP contribution is -2.10. The summed E-state index contributed by atoms with van der Waals surface area (Å²) in [6.45, 7) is 0. The van der Waals surface area contributed by atoms with Crippen molar-refractivity contribution in [2.24, 2.45) is 5.73 Å². The van der Waals surface area contributed by atoms with E-state index in [1.54, 1.807) is 11.3 Å². The van der Waals surface area contributed by atoms with Crippen LogP contribution < -0.4 is 5.73 Å². The molecule has 1 nitrogen and oxygen atoms in total. The lowest BCUT2D eigenvalue weighted by molar-refractivity contribution is 0.623. The summed E-state index contributed by atoms with van der Waals surface area (Å²) >= 11 is 4.83. The van der Waals surface area contributed by atoms with Crippen molar-refractivity contribution in [2.45, 2.75) is 6.04 Å². The lowest BCUT2D eigenvalue weighted by atomic mass is 10.1. The molecule has 0 aliphatic carbocycles.